The molecule has 3 aromatic carbocycles. The van der Waals surface area contributed by atoms with Crippen molar-refractivity contribution in [2.75, 3.05) is 13.2 Å². The highest BCUT2D eigenvalue weighted by atomic mass is 35.5. The second kappa shape index (κ2) is 16.4. The number of phenolic OH excluding ortho intramolecular Hbond substituents is 1. The molecule has 10 heteroatoms. The first-order valence-corrected chi connectivity index (χ1v) is 17.0. The lowest BCUT2D eigenvalue weighted by Crippen LogP contribution is -2.45. The van der Waals surface area contributed by atoms with Crippen LogP contribution in [0.2, 0.25) is 0 Å². The maximum absolute atomic E-state index is 12.7. The number of carbonyl (C=O) groups is 2. The molecule has 0 heterocycles. The molecule has 266 valence electrons. The van der Waals surface area contributed by atoms with E-state index >= 15 is 0 Å². The average Bonchev–Trinajstić information content (AvgIpc) is 3.38. The Balaban J connectivity index is 0.000000217. The van der Waals surface area contributed by atoms with Gasteiger partial charge >= 0.3 is 18.1 Å². The molecule has 0 aromatic heterocycles. The molecule has 49 heavy (non-hydrogen) atoms. The van der Waals surface area contributed by atoms with Gasteiger partial charge in [0.1, 0.15) is 18.5 Å². The largest absolute Gasteiger partial charge is 0.508 e. The Labute approximate surface area is 293 Å². The molecule has 0 saturated heterocycles. The molecule has 6 unspecified atom stereocenters. The van der Waals surface area contributed by atoms with Crippen LogP contribution >= 0.6 is 12.4 Å². The minimum Gasteiger partial charge on any atom is -0.508 e. The number of carbonyl (C=O) groups excluding carboxylic acids is 2. The zero-order valence-electron chi connectivity index (χ0n) is 28.3. The van der Waals surface area contributed by atoms with Gasteiger partial charge in [-0.1, -0.05) is 49.4 Å². The molecule has 3 aliphatic rings. The highest BCUT2D eigenvalue weighted by molar-refractivity contribution is 5.89. The third-order valence-corrected chi connectivity index (χ3v) is 10.6. The normalized spacial score (nSPS) is 24.4. The smallest absolute Gasteiger partial charge is 0.416 e. The first-order chi connectivity index (χ1) is 22.8. The Morgan fingerprint density at radius 2 is 1.76 bits per heavy atom. The second-order valence-electron chi connectivity index (χ2n) is 13.8. The van der Waals surface area contributed by atoms with Crippen LogP contribution in [-0.2, 0) is 33.3 Å². The molecule has 6 atom stereocenters. The molecule has 2 saturated carbocycles. The summed E-state index contributed by atoms with van der Waals surface area (Å²) < 4.78 is 48.9. The van der Waals surface area contributed by atoms with E-state index in [2.05, 4.69) is 18.3 Å². The van der Waals surface area contributed by atoms with E-state index in [9.17, 15) is 27.9 Å². The first-order valence-electron chi connectivity index (χ1n) is 17.0. The molecule has 6 rings (SSSR count). The molecule has 3 aromatic rings. The lowest BCUT2D eigenvalue weighted by Gasteiger charge is -2.50. The highest BCUT2D eigenvalue weighted by Gasteiger charge is 2.56. The van der Waals surface area contributed by atoms with Crippen LogP contribution in [0.1, 0.15) is 91.4 Å². The van der Waals surface area contributed by atoms with Gasteiger partial charge in [-0.3, -0.25) is 4.79 Å². The Bertz CT molecular complexity index is 1570. The monoisotopic (exact) mass is 701 g/mol. The number of esters is 2. The van der Waals surface area contributed by atoms with Gasteiger partial charge in [0.05, 0.1) is 11.1 Å². The van der Waals surface area contributed by atoms with Gasteiger partial charge in [0, 0.05) is 24.9 Å². The minimum atomic E-state index is -4.34. The summed E-state index contributed by atoms with van der Waals surface area (Å²) in [4.78, 5) is 23.2. The molecule has 0 amide bonds. The van der Waals surface area contributed by atoms with E-state index in [1.807, 2.05) is 25.1 Å². The number of aromatic hydroxyl groups is 1. The van der Waals surface area contributed by atoms with Crippen LogP contribution in [0, 0.1) is 17.3 Å². The number of rotatable bonds is 8. The number of hydrogen-bond donors (Lipinski definition) is 2. The van der Waals surface area contributed by atoms with Crippen molar-refractivity contribution in [3.05, 3.63) is 101 Å². The summed E-state index contributed by atoms with van der Waals surface area (Å²) in [6, 6.07) is 19.9. The van der Waals surface area contributed by atoms with E-state index in [1.165, 1.54) is 43.4 Å². The van der Waals surface area contributed by atoms with Gasteiger partial charge in [0.15, 0.2) is 0 Å². The zero-order chi connectivity index (χ0) is 34.5. The van der Waals surface area contributed by atoms with Crippen LogP contribution in [0.15, 0.2) is 72.8 Å². The molecule has 2 fully saturated rings. The van der Waals surface area contributed by atoms with Crippen molar-refractivity contribution in [3.63, 3.8) is 0 Å². The quantitative estimate of drug-likeness (QED) is 0.181. The molecule has 6 nitrogen and oxygen atoms in total. The fourth-order valence-corrected chi connectivity index (χ4v) is 8.32. The summed E-state index contributed by atoms with van der Waals surface area (Å²) in [5.74, 6) is 1.84. The van der Waals surface area contributed by atoms with Gasteiger partial charge in [0.2, 0.25) is 0 Å². The van der Waals surface area contributed by atoms with Crippen molar-refractivity contribution in [2.24, 2.45) is 17.3 Å². The van der Waals surface area contributed by atoms with E-state index in [1.54, 1.807) is 30.3 Å². The number of aryl methyl sites for hydroxylation is 1. The number of hydrogen-bond acceptors (Lipinski definition) is 6. The summed E-state index contributed by atoms with van der Waals surface area (Å²) in [5.41, 5.74) is 3.40. The SMILES string of the molecule is CC(=O)OC1CCC2C3CCc4cc(O)ccc4C3CCC12C.CC(Cc1cccc(C(F)(F)F)c1)NCCOC(=O)c1ccccc1.Cl. The molecular weight excluding hydrogens is 655 g/mol. The van der Waals surface area contributed by atoms with Crippen molar-refractivity contribution in [2.45, 2.75) is 90.0 Å². The maximum atomic E-state index is 12.7. The van der Waals surface area contributed by atoms with Crippen LogP contribution in [-0.4, -0.2) is 42.3 Å². The molecule has 2 N–H and O–H groups in total. The van der Waals surface area contributed by atoms with Gasteiger partial charge in [-0.2, -0.15) is 13.2 Å². The van der Waals surface area contributed by atoms with Crippen LogP contribution in [0.5, 0.6) is 5.75 Å². The first kappa shape index (κ1) is 38.2. The fourth-order valence-electron chi connectivity index (χ4n) is 8.32. The van der Waals surface area contributed by atoms with Crippen LogP contribution in [0.3, 0.4) is 0 Å². The van der Waals surface area contributed by atoms with E-state index in [0.717, 1.165) is 31.4 Å². The average molecular weight is 702 g/mol. The summed E-state index contributed by atoms with van der Waals surface area (Å²) >= 11 is 0. The van der Waals surface area contributed by atoms with Crippen molar-refractivity contribution in [1.29, 1.82) is 0 Å². The van der Waals surface area contributed by atoms with Gasteiger partial charge in [-0.25, -0.2) is 4.79 Å². The van der Waals surface area contributed by atoms with Crippen LogP contribution < -0.4 is 5.32 Å². The van der Waals surface area contributed by atoms with E-state index in [-0.39, 0.29) is 42.5 Å². The molecule has 3 aliphatic carbocycles. The van der Waals surface area contributed by atoms with Gasteiger partial charge in [0.25, 0.3) is 0 Å². The number of nitrogens with one attached hydrogen (secondary N) is 1. The summed E-state index contributed by atoms with van der Waals surface area (Å²) in [5, 5.41) is 12.9. The van der Waals surface area contributed by atoms with Gasteiger partial charge < -0.3 is 19.9 Å². The Morgan fingerprint density at radius 1 is 1.00 bits per heavy atom. The third kappa shape index (κ3) is 9.37. The number of fused-ring (bicyclic) bond motifs is 5. The Hall–Kier alpha value is -3.56. The summed E-state index contributed by atoms with van der Waals surface area (Å²) in [6.07, 6.45) is 3.01. The third-order valence-electron chi connectivity index (χ3n) is 10.6. The molecule has 0 bridgehead atoms. The van der Waals surface area contributed by atoms with E-state index < -0.39 is 17.7 Å². The van der Waals surface area contributed by atoms with Gasteiger partial charge in [-0.05, 0) is 117 Å². The molecule has 0 spiro atoms. The minimum absolute atomic E-state index is 0. The van der Waals surface area contributed by atoms with Crippen LogP contribution in [0.25, 0.3) is 0 Å². The molecule has 0 aliphatic heterocycles. The lowest BCUT2D eigenvalue weighted by molar-refractivity contribution is -0.154. The van der Waals surface area contributed by atoms with Crippen LogP contribution in [0.4, 0.5) is 13.2 Å². The van der Waals surface area contributed by atoms with Crippen molar-refractivity contribution < 1.29 is 37.3 Å². The van der Waals surface area contributed by atoms with E-state index in [4.69, 9.17) is 9.47 Å². The highest BCUT2D eigenvalue weighted by Crippen LogP contribution is 2.61. The number of benzene rings is 3. The second-order valence-corrected chi connectivity index (χ2v) is 13.8. The molecule has 0 radical (unpaired) electrons. The molecular formula is C39H47ClF3NO5. The Kier molecular flexibility index (Phi) is 12.8. The number of phenols is 1. The zero-order valence-corrected chi connectivity index (χ0v) is 29.1. The number of ether oxygens (including phenoxy) is 2. The maximum Gasteiger partial charge on any atom is 0.416 e. The summed E-state index contributed by atoms with van der Waals surface area (Å²) in [7, 11) is 0. The lowest BCUT2D eigenvalue weighted by atomic mass is 9.55. The topological polar surface area (TPSA) is 84.9 Å². The fraction of sp³-hybridized carbons (Fsp3) is 0.487. The number of halogens is 4. The standard InChI is InChI=1S/C20H26O3.C19H20F3NO2.ClH/c1-12(21)23-19-8-7-18-17-5-3-13-11-14(22)4-6-15(13)16(17)9-10-20(18,19)2;1-14(12-15-6-5-9-17(13-15)19(20,21)22)23-10-11-25-18(24)16-7-3-2-4-8-16;/h4,6,11,16-19,22H,3,5,7-10H2,1-2H3;2-9,13-14,23H,10-12H2,1H3;1H. The van der Waals surface area contributed by atoms with Crippen molar-refractivity contribution in [1.82, 2.24) is 5.32 Å². The predicted octanol–water partition coefficient (Wildman–Crippen LogP) is 8.68. The van der Waals surface area contributed by atoms with Crippen molar-refractivity contribution in [3.8, 4) is 5.75 Å². The van der Waals surface area contributed by atoms with Gasteiger partial charge in [-0.15, -0.1) is 12.4 Å². The number of alkyl halides is 3. The summed E-state index contributed by atoms with van der Waals surface area (Å²) in [6.45, 7) is 6.38. The predicted molar refractivity (Wildman–Crippen MR) is 185 cm³/mol. The Morgan fingerprint density at radius 3 is 2.47 bits per heavy atom. The van der Waals surface area contributed by atoms with E-state index in [0.29, 0.717) is 47.6 Å². The van der Waals surface area contributed by atoms with Crippen molar-refractivity contribution >= 4 is 24.3 Å².